The Morgan fingerprint density at radius 3 is 2.43 bits per heavy atom. The van der Waals surface area contributed by atoms with Gasteiger partial charge in [-0.15, -0.1) is 0 Å². The number of carbonyl (C=O) groups excluding carboxylic acids is 1. The molecule has 0 aromatic heterocycles. The maximum atomic E-state index is 11.9. The third kappa shape index (κ3) is 5.37. The molecule has 0 aromatic carbocycles. The molecule has 0 unspecified atom stereocenters. The van der Waals surface area contributed by atoms with E-state index in [-0.39, 0.29) is 0 Å². The van der Waals surface area contributed by atoms with Gasteiger partial charge in [-0.1, -0.05) is 0 Å². The number of carbonyl (C=O) groups is 1. The highest BCUT2D eigenvalue weighted by molar-refractivity contribution is 5.78. The van der Waals surface area contributed by atoms with Crippen molar-refractivity contribution in [1.82, 2.24) is 4.90 Å². The predicted molar refractivity (Wildman–Crippen MR) is 40.0 cm³/mol. The molecule has 0 saturated carbocycles. The fourth-order valence-corrected chi connectivity index (χ4v) is 0.808. The molecule has 7 heteroatoms. The van der Waals surface area contributed by atoms with E-state index in [2.05, 4.69) is 0 Å². The van der Waals surface area contributed by atoms with E-state index in [1.807, 2.05) is 0 Å². The number of aliphatic hydroxyl groups is 1. The van der Waals surface area contributed by atoms with Crippen LogP contribution in [0, 0.1) is 11.3 Å². The highest BCUT2D eigenvalue weighted by Gasteiger charge is 2.32. The summed E-state index contributed by atoms with van der Waals surface area (Å²) in [6, 6.07) is 1.45. The van der Waals surface area contributed by atoms with Crippen LogP contribution in [0.3, 0.4) is 0 Å². The first-order valence-electron chi connectivity index (χ1n) is 3.73. The summed E-state index contributed by atoms with van der Waals surface area (Å²) in [5, 5.41) is 16.5. The van der Waals surface area contributed by atoms with Crippen molar-refractivity contribution in [3.63, 3.8) is 0 Å². The molecule has 0 rings (SSSR count). The average Bonchev–Trinajstić information content (AvgIpc) is 2.01. The van der Waals surface area contributed by atoms with Crippen molar-refractivity contribution in [2.45, 2.75) is 12.6 Å². The molecule has 4 nitrogen and oxygen atoms in total. The Labute approximate surface area is 78.5 Å². The maximum Gasteiger partial charge on any atom is 0.406 e. The second-order valence-corrected chi connectivity index (χ2v) is 2.49. The van der Waals surface area contributed by atoms with E-state index in [9.17, 15) is 18.0 Å². The van der Waals surface area contributed by atoms with Crippen molar-refractivity contribution < 1.29 is 23.1 Å². The van der Waals surface area contributed by atoms with E-state index in [1.54, 1.807) is 0 Å². The van der Waals surface area contributed by atoms with E-state index in [4.69, 9.17) is 10.4 Å². The van der Waals surface area contributed by atoms with Crippen molar-refractivity contribution in [3.8, 4) is 6.07 Å². The summed E-state index contributed by atoms with van der Waals surface area (Å²) in [5.41, 5.74) is 0. The van der Waals surface area contributed by atoms with E-state index < -0.39 is 38.2 Å². The van der Waals surface area contributed by atoms with Gasteiger partial charge in [0.15, 0.2) is 0 Å². The van der Waals surface area contributed by atoms with E-state index in [1.165, 1.54) is 6.07 Å². The number of halogens is 3. The Kier molecular flexibility index (Phi) is 4.94. The van der Waals surface area contributed by atoms with Gasteiger partial charge in [0.2, 0.25) is 5.91 Å². The lowest BCUT2D eigenvalue weighted by molar-refractivity contribution is -0.161. The molecule has 0 aromatic rings. The highest BCUT2D eigenvalue weighted by atomic mass is 19.4. The number of nitriles is 1. The van der Waals surface area contributed by atoms with E-state index >= 15 is 0 Å². The number of alkyl halides is 3. The monoisotopic (exact) mass is 210 g/mol. The van der Waals surface area contributed by atoms with Gasteiger partial charge in [-0.25, -0.2) is 0 Å². The maximum absolute atomic E-state index is 11.9. The van der Waals surface area contributed by atoms with Gasteiger partial charge >= 0.3 is 6.18 Å². The smallest absolute Gasteiger partial charge is 0.395 e. The average molecular weight is 210 g/mol. The minimum Gasteiger partial charge on any atom is -0.395 e. The third-order valence-corrected chi connectivity index (χ3v) is 1.32. The fraction of sp³-hybridized carbons (Fsp3) is 0.714. The van der Waals surface area contributed by atoms with Crippen LogP contribution in [0.15, 0.2) is 0 Å². The first-order chi connectivity index (χ1) is 6.40. The van der Waals surface area contributed by atoms with Crippen molar-refractivity contribution in [2.75, 3.05) is 19.7 Å². The van der Waals surface area contributed by atoms with Crippen molar-refractivity contribution in [1.29, 1.82) is 5.26 Å². The second kappa shape index (κ2) is 5.44. The molecule has 0 fully saturated rings. The molecular formula is C7H9F3N2O2. The molecular weight excluding hydrogens is 201 g/mol. The molecule has 1 N–H and O–H groups in total. The van der Waals surface area contributed by atoms with Crippen molar-refractivity contribution in [2.24, 2.45) is 0 Å². The molecule has 0 saturated heterocycles. The number of hydrogen-bond donors (Lipinski definition) is 1. The summed E-state index contributed by atoms with van der Waals surface area (Å²) in [6.07, 6.45) is -5.13. The van der Waals surface area contributed by atoms with Gasteiger partial charge in [-0.3, -0.25) is 4.79 Å². The minimum absolute atomic E-state index is 0.406. The summed E-state index contributed by atoms with van der Waals surface area (Å²) in [4.78, 5) is 11.3. The van der Waals surface area contributed by atoms with Crippen LogP contribution >= 0.6 is 0 Å². The van der Waals surface area contributed by atoms with Crippen LogP contribution in [0.4, 0.5) is 13.2 Å². The van der Waals surface area contributed by atoms with Gasteiger partial charge < -0.3 is 10.0 Å². The van der Waals surface area contributed by atoms with E-state index in [0.717, 1.165) is 0 Å². The number of aliphatic hydroxyl groups excluding tert-OH is 1. The molecule has 0 bridgehead atoms. The number of rotatable bonds is 4. The first kappa shape index (κ1) is 12.7. The lowest BCUT2D eigenvalue weighted by Gasteiger charge is -2.21. The minimum atomic E-state index is -4.51. The topological polar surface area (TPSA) is 64.3 Å². The molecule has 0 aliphatic heterocycles. The number of nitrogens with zero attached hydrogens (tertiary/aromatic N) is 2. The standard InChI is InChI=1S/C7H9F3N2O2/c8-7(9,10)5-12(3-4-13)6(14)1-2-11/h13H,1,3-5H2. The van der Waals surface area contributed by atoms with Gasteiger partial charge in [0, 0.05) is 6.54 Å². The third-order valence-electron chi connectivity index (χ3n) is 1.32. The molecule has 1 amide bonds. The molecule has 0 spiro atoms. The van der Waals surface area contributed by atoms with Crippen LogP contribution in [-0.2, 0) is 4.79 Å². The lowest BCUT2D eigenvalue weighted by atomic mass is 10.3. The Morgan fingerprint density at radius 2 is 2.07 bits per heavy atom. The molecule has 80 valence electrons. The molecule has 14 heavy (non-hydrogen) atoms. The normalized spacial score (nSPS) is 10.8. The van der Waals surface area contributed by atoms with Crippen LogP contribution in [0.25, 0.3) is 0 Å². The van der Waals surface area contributed by atoms with Gasteiger partial charge in [-0.05, 0) is 0 Å². The second-order valence-electron chi connectivity index (χ2n) is 2.49. The number of amides is 1. The first-order valence-corrected chi connectivity index (χ1v) is 3.73. The van der Waals surface area contributed by atoms with Gasteiger partial charge in [0.1, 0.15) is 13.0 Å². The summed E-state index contributed by atoms with van der Waals surface area (Å²) >= 11 is 0. The molecule has 0 heterocycles. The van der Waals surface area contributed by atoms with E-state index in [0.29, 0.717) is 4.90 Å². The summed E-state index contributed by atoms with van der Waals surface area (Å²) < 4.78 is 35.6. The Hall–Kier alpha value is -1.29. The van der Waals surface area contributed by atoms with Crippen molar-refractivity contribution >= 4 is 5.91 Å². The Balaban J connectivity index is 4.30. The summed E-state index contributed by atoms with van der Waals surface area (Å²) in [5.74, 6) is -0.932. The molecule has 0 radical (unpaired) electrons. The largest absolute Gasteiger partial charge is 0.406 e. The number of hydrogen-bond acceptors (Lipinski definition) is 3. The SMILES string of the molecule is N#CCC(=O)N(CCO)CC(F)(F)F. The Morgan fingerprint density at radius 1 is 1.50 bits per heavy atom. The lowest BCUT2D eigenvalue weighted by Crippen LogP contribution is -2.40. The quantitative estimate of drug-likeness (QED) is 0.725. The van der Waals surface area contributed by atoms with Gasteiger partial charge in [0.05, 0.1) is 12.7 Å². The molecule has 0 atom stereocenters. The predicted octanol–water partition coefficient (Wildman–Crippen LogP) is 0.283. The zero-order valence-electron chi connectivity index (χ0n) is 7.21. The zero-order valence-corrected chi connectivity index (χ0v) is 7.21. The highest BCUT2D eigenvalue weighted by Crippen LogP contribution is 2.16. The van der Waals surface area contributed by atoms with Crippen LogP contribution < -0.4 is 0 Å². The molecule has 0 aliphatic rings. The summed E-state index contributed by atoms with van der Waals surface area (Å²) in [7, 11) is 0. The van der Waals surface area contributed by atoms with Crippen LogP contribution in [-0.4, -0.2) is 41.8 Å². The van der Waals surface area contributed by atoms with Crippen LogP contribution in [0.5, 0.6) is 0 Å². The van der Waals surface area contributed by atoms with Crippen LogP contribution in [0.2, 0.25) is 0 Å². The summed E-state index contributed by atoms with van der Waals surface area (Å²) in [6.45, 7) is -2.42. The van der Waals surface area contributed by atoms with Crippen molar-refractivity contribution in [3.05, 3.63) is 0 Å². The van der Waals surface area contributed by atoms with Crippen LogP contribution in [0.1, 0.15) is 6.42 Å². The Bertz CT molecular complexity index is 234. The van der Waals surface area contributed by atoms with Gasteiger partial charge in [-0.2, -0.15) is 18.4 Å². The zero-order chi connectivity index (χ0) is 11.2. The van der Waals surface area contributed by atoms with Gasteiger partial charge in [0.25, 0.3) is 0 Å². The molecule has 0 aliphatic carbocycles. The fourth-order valence-electron chi connectivity index (χ4n) is 0.808.